The number of hydrogen-bond donors (Lipinski definition) is 0. The van der Waals surface area contributed by atoms with E-state index in [0.29, 0.717) is 29.9 Å². The normalized spacial score (nSPS) is 10.1. The molecule has 0 aliphatic rings. The topological polar surface area (TPSA) is 95.4 Å². The highest BCUT2D eigenvalue weighted by atomic mass is 16.5. The van der Waals surface area contributed by atoms with Crippen LogP contribution in [0.5, 0.6) is 0 Å². The number of para-hydroxylation sites is 1. The van der Waals surface area contributed by atoms with E-state index < -0.39 is 5.97 Å². The zero-order chi connectivity index (χ0) is 20.9. The third-order valence-corrected chi connectivity index (χ3v) is 4.41. The Morgan fingerprint density at radius 3 is 2.41 bits per heavy atom. The third-order valence-electron chi connectivity index (χ3n) is 4.41. The van der Waals surface area contributed by atoms with Gasteiger partial charge in [-0.2, -0.15) is 0 Å². The standard InChI is InChI=1S/C22H26N4O3/c1-2-29-22(28)19-14-8-9-15-20(19)26(17-11-4-3-10-16-24-25-23)21(27)18-12-6-5-7-13-18/h5-9,12-15H,2-4,10-11,16-17H2,1H3. The second-order valence-corrected chi connectivity index (χ2v) is 6.43. The minimum absolute atomic E-state index is 0.156. The van der Waals surface area contributed by atoms with Crippen LogP contribution in [-0.2, 0) is 4.74 Å². The first-order chi connectivity index (χ1) is 14.2. The van der Waals surface area contributed by atoms with Gasteiger partial charge in [-0.05, 0) is 49.6 Å². The van der Waals surface area contributed by atoms with Gasteiger partial charge in [0.05, 0.1) is 17.9 Å². The van der Waals surface area contributed by atoms with Gasteiger partial charge in [0.15, 0.2) is 0 Å². The summed E-state index contributed by atoms with van der Waals surface area (Å²) in [5.41, 5.74) is 9.81. The minimum Gasteiger partial charge on any atom is -0.462 e. The van der Waals surface area contributed by atoms with Gasteiger partial charge in [-0.3, -0.25) is 4.79 Å². The maximum absolute atomic E-state index is 13.2. The SMILES string of the molecule is CCOC(=O)c1ccccc1N(CCCCCCN=[N+]=[N-])C(=O)c1ccccc1. The van der Waals surface area contributed by atoms with E-state index in [1.54, 1.807) is 42.2 Å². The van der Waals surface area contributed by atoms with E-state index in [1.165, 1.54) is 0 Å². The van der Waals surface area contributed by atoms with Crippen molar-refractivity contribution in [2.75, 3.05) is 24.6 Å². The molecule has 0 aromatic heterocycles. The molecule has 2 aromatic rings. The van der Waals surface area contributed by atoms with Crippen molar-refractivity contribution in [1.82, 2.24) is 0 Å². The molecule has 0 saturated carbocycles. The molecule has 0 heterocycles. The van der Waals surface area contributed by atoms with Crippen molar-refractivity contribution in [2.24, 2.45) is 5.11 Å². The smallest absolute Gasteiger partial charge is 0.340 e. The van der Waals surface area contributed by atoms with Gasteiger partial charge in [0.25, 0.3) is 5.91 Å². The molecule has 0 aliphatic carbocycles. The predicted molar refractivity (Wildman–Crippen MR) is 113 cm³/mol. The van der Waals surface area contributed by atoms with Crippen molar-refractivity contribution in [2.45, 2.75) is 32.6 Å². The molecule has 7 nitrogen and oxygen atoms in total. The average molecular weight is 394 g/mol. The van der Waals surface area contributed by atoms with Crippen LogP contribution in [0.3, 0.4) is 0 Å². The van der Waals surface area contributed by atoms with Crippen molar-refractivity contribution in [1.29, 1.82) is 0 Å². The summed E-state index contributed by atoms with van der Waals surface area (Å²) in [7, 11) is 0. The molecule has 152 valence electrons. The fourth-order valence-electron chi connectivity index (χ4n) is 3.01. The van der Waals surface area contributed by atoms with Crippen molar-refractivity contribution in [3.8, 4) is 0 Å². The quantitative estimate of drug-likeness (QED) is 0.168. The Labute approximate surface area is 170 Å². The fourth-order valence-corrected chi connectivity index (χ4v) is 3.01. The fraction of sp³-hybridized carbons (Fsp3) is 0.364. The largest absolute Gasteiger partial charge is 0.462 e. The molecule has 0 N–H and O–H groups in total. The summed E-state index contributed by atoms with van der Waals surface area (Å²) in [5.74, 6) is -0.597. The molecule has 1 amide bonds. The summed E-state index contributed by atoms with van der Waals surface area (Å²) in [6, 6.07) is 16.0. The maximum Gasteiger partial charge on any atom is 0.340 e. The highest BCUT2D eigenvalue weighted by Crippen LogP contribution is 2.24. The summed E-state index contributed by atoms with van der Waals surface area (Å²) in [4.78, 5) is 30.0. The number of hydrogen-bond acceptors (Lipinski definition) is 4. The van der Waals surface area contributed by atoms with Gasteiger partial charge in [-0.1, -0.05) is 48.3 Å². The van der Waals surface area contributed by atoms with Gasteiger partial charge >= 0.3 is 5.97 Å². The lowest BCUT2D eigenvalue weighted by atomic mass is 10.1. The maximum atomic E-state index is 13.2. The molecule has 7 heteroatoms. The van der Waals surface area contributed by atoms with Crippen LogP contribution in [0.2, 0.25) is 0 Å². The first-order valence-corrected chi connectivity index (χ1v) is 9.83. The van der Waals surface area contributed by atoms with Gasteiger partial charge in [-0.25, -0.2) is 4.79 Å². The molecule has 0 bridgehead atoms. The van der Waals surface area contributed by atoms with E-state index in [9.17, 15) is 9.59 Å². The van der Waals surface area contributed by atoms with E-state index >= 15 is 0 Å². The minimum atomic E-state index is -0.441. The van der Waals surface area contributed by atoms with Crippen molar-refractivity contribution >= 4 is 17.6 Å². The number of amides is 1. The molecule has 0 radical (unpaired) electrons. The Bertz CT molecular complexity index is 848. The first-order valence-electron chi connectivity index (χ1n) is 9.83. The molecular formula is C22H26N4O3. The van der Waals surface area contributed by atoms with E-state index in [2.05, 4.69) is 10.0 Å². The summed E-state index contributed by atoms with van der Waals surface area (Å²) in [6.07, 6.45) is 3.38. The molecule has 2 aromatic carbocycles. The van der Waals surface area contributed by atoms with Crippen molar-refractivity contribution < 1.29 is 14.3 Å². The molecule has 0 spiro atoms. The number of azide groups is 1. The number of unbranched alkanes of at least 4 members (excludes halogenated alkanes) is 3. The highest BCUT2D eigenvalue weighted by molar-refractivity contribution is 6.09. The Morgan fingerprint density at radius 2 is 1.69 bits per heavy atom. The number of ether oxygens (including phenoxy) is 1. The van der Waals surface area contributed by atoms with Gasteiger partial charge in [0.1, 0.15) is 0 Å². The number of carbonyl (C=O) groups excluding carboxylic acids is 2. The van der Waals surface area contributed by atoms with Crippen LogP contribution in [0.15, 0.2) is 59.7 Å². The summed E-state index contributed by atoms with van der Waals surface area (Å²) in [5, 5.41) is 3.53. The van der Waals surface area contributed by atoms with E-state index in [4.69, 9.17) is 10.3 Å². The van der Waals surface area contributed by atoms with Gasteiger partial charge < -0.3 is 9.64 Å². The molecule has 0 saturated heterocycles. The average Bonchev–Trinajstić information content (AvgIpc) is 2.76. The first kappa shape index (κ1) is 22.0. The van der Waals surface area contributed by atoms with E-state index in [1.807, 2.05) is 24.3 Å². The van der Waals surface area contributed by atoms with Gasteiger partial charge in [0.2, 0.25) is 0 Å². The molecule has 0 atom stereocenters. The summed E-state index contributed by atoms with van der Waals surface area (Å²) >= 11 is 0. The lowest BCUT2D eigenvalue weighted by molar-refractivity contribution is 0.0527. The van der Waals surface area contributed by atoms with Crippen LogP contribution in [-0.4, -0.2) is 31.6 Å². The second kappa shape index (κ2) is 12.2. The molecule has 29 heavy (non-hydrogen) atoms. The monoisotopic (exact) mass is 394 g/mol. The molecular weight excluding hydrogens is 368 g/mol. The number of rotatable bonds is 11. The van der Waals surface area contributed by atoms with E-state index in [0.717, 1.165) is 25.7 Å². The van der Waals surface area contributed by atoms with Gasteiger partial charge in [-0.15, -0.1) is 0 Å². The van der Waals surface area contributed by atoms with Crippen LogP contribution in [0.1, 0.15) is 53.3 Å². The van der Waals surface area contributed by atoms with Crippen LogP contribution in [0.4, 0.5) is 5.69 Å². The summed E-state index contributed by atoms with van der Waals surface area (Å²) in [6.45, 7) is 2.98. The molecule has 0 unspecified atom stereocenters. The third kappa shape index (κ3) is 6.66. The number of esters is 1. The van der Waals surface area contributed by atoms with Gasteiger partial charge in [0, 0.05) is 23.6 Å². The summed E-state index contributed by atoms with van der Waals surface area (Å²) < 4.78 is 5.17. The number of benzene rings is 2. The second-order valence-electron chi connectivity index (χ2n) is 6.43. The van der Waals surface area contributed by atoms with Crippen LogP contribution < -0.4 is 4.90 Å². The number of anilines is 1. The van der Waals surface area contributed by atoms with E-state index in [-0.39, 0.29) is 12.5 Å². The highest BCUT2D eigenvalue weighted by Gasteiger charge is 2.23. The zero-order valence-corrected chi connectivity index (χ0v) is 16.7. The zero-order valence-electron chi connectivity index (χ0n) is 16.7. The predicted octanol–water partition coefficient (Wildman–Crippen LogP) is 5.38. The number of carbonyl (C=O) groups is 2. The Morgan fingerprint density at radius 1 is 1.00 bits per heavy atom. The Kier molecular flexibility index (Phi) is 9.25. The Balaban J connectivity index is 2.20. The van der Waals surface area contributed by atoms with Crippen molar-refractivity contribution in [3.05, 3.63) is 76.2 Å². The molecule has 2 rings (SSSR count). The Hall–Kier alpha value is -3.31. The van der Waals surface area contributed by atoms with Crippen LogP contribution in [0.25, 0.3) is 10.4 Å². The molecule has 0 aliphatic heterocycles. The molecule has 0 fully saturated rings. The number of nitrogens with zero attached hydrogens (tertiary/aromatic N) is 4. The van der Waals surface area contributed by atoms with Crippen LogP contribution >= 0.6 is 0 Å². The lowest BCUT2D eigenvalue weighted by Gasteiger charge is -2.25. The lowest BCUT2D eigenvalue weighted by Crippen LogP contribution is -2.33. The van der Waals surface area contributed by atoms with Crippen LogP contribution in [0, 0.1) is 0 Å². The van der Waals surface area contributed by atoms with Crippen molar-refractivity contribution in [3.63, 3.8) is 0 Å².